The van der Waals surface area contributed by atoms with Crippen LogP contribution in [0.4, 0.5) is 0 Å². The molecule has 1 saturated heterocycles. The Morgan fingerprint density at radius 3 is 2.67 bits per heavy atom. The third-order valence-corrected chi connectivity index (χ3v) is 4.25. The number of hydrogen-bond acceptors (Lipinski definition) is 4. The molecule has 2 heterocycles. The Bertz CT molecular complexity index is 459. The van der Waals surface area contributed by atoms with Crippen molar-refractivity contribution in [1.29, 1.82) is 0 Å². The molecular formula is C13H23BrClN5O. The number of hydrogen-bond donors (Lipinski definition) is 3. The molecular weight excluding hydrogens is 358 g/mol. The van der Waals surface area contributed by atoms with Gasteiger partial charge in [0.25, 0.3) is 5.91 Å². The minimum Gasteiger partial charge on any atom is -0.349 e. The molecule has 1 aromatic rings. The van der Waals surface area contributed by atoms with Gasteiger partial charge in [-0.1, -0.05) is 13.8 Å². The number of carbonyl (C=O) groups is 1. The monoisotopic (exact) mass is 379 g/mol. The van der Waals surface area contributed by atoms with E-state index in [1.54, 1.807) is 0 Å². The summed E-state index contributed by atoms with van der Waals surface area (Å²) in [7, 11) is 0. The average molecular weight is 381 g/mol. The lowest BCUT2D eigenvalue weighted by molar-refractivity contribution is 0.0941. The number of H-pyrrole nitrogens is 1. The highest BCUT2D eigenvalue weighted by Gasteiger charge is 2.19. The molecule has 1 aromatic heterocycles. The molecule has 0 aliphatic carbocycles. The molecule has 0 aromatic carbocycles. The van der Waals surface area contributed by atoms with E-state index in [1.165, 1.54) is 0 Å². The van der Waals surface area contributed by atoms with Gasteiger partial charge in [0.1, 0.15) is 0 Å². The highest BCUT2D eigenvalue weighted by Crippen LogP contribution is 2.25. The fourth-order valence-corrected chi connectivity index (χ4v) is 3.04. The van der Waals surface area contributed by atoms with E-state index in [0.29, 0.717) is 18.2 Å². The topological polar surface area (TPSA) is 73.0 Å². The number of carbonyl (C=O) groups excluding carboxylic acids is 1. The SMILES string of the molecule is CC(C)c1[nH]nc(C(=O)NCCN2CCNCC2)c1Br.Cl. The van der Waals surface area contributed by atoms with Crippen molar-refractivity contribution in [3.05, 3.63) is 15.9 Å². The number of nitrogens with zero attached hydrogens (tertiary/aromatic N) is 2. The van der Waals surface area contributed by atoms with Crippen molar-refractivity contribution in [1.82, 2.24) is 25.7 Å². The summed E-state index contributed by atoms with van der Waals surface area (Å²) in [6.07, 6.45) is 0. The van der Waals surface area contributed by atoms with Gasteiger partial charge in [0.2, 0.25) is 0 Å². The lowest BCUT2D eigenvalue weighted by atomic mass is 10.1. The summed E-state index contributed by atoms with van der Waals surface area (Å²) in [6, 6.07) is 0. The van der Waals surface area contributed by atoms with Gasteiger partial charge in [-0.05, 0) is 21.8 Å². The Hall–Kier alpha value is -0.630. The molecule has 1 aliphatic heterocycles. The minimum atomic E-state index is -0.129. The van der Waals surface area contributed by atoms with Crippen LogP contribution < -0.4 is 10.6 Å². The zero-order chi connectivity index (χ0) is 14.5. The lowest BCUT2D eigenvalue weighted by Crippen LogP contribution is -2.46. The van der Waals surface area contributed by atoms with Crippen molar-refractivity contribution in [3.63, 3.8) is 0 Å². The molecule has 0 unspecified atom stereocenters. The molecule has 0 saturated carbocycles. The molecule has 0 spiro atoms. The van der Waals surface area contributed by atoms with Gasteiger partial charge in [0.15, 0.2) is 5.69 Å². The molecule has 1 aliphatic rings. The van der Waals surface area contributed by atoms with E-state index in [4.69, 9.17) is 0 Å². The summed E-state index contributed by atoms with van der Waals surface area (Å²) in [5, 5.41) is 13.2. The predicted molar refractivity (Wildman–Crippen MR) is 89.3 cm³/mol. The summed E-state index contributed by atoms with van der Waals surface area (Å²) in [6.45, 7) is 9.78. The summed E-state index contributed by atoms with van der Waals surface area (Å²) >= 11 is 3.45. The second kappa shape index (κ2) is 8.73. The van der Waals surface area contributed by atoms with E-state index in [9.17, 15) is 4.79 Å². The van der Waals surface area contributed by atoms with Crippen LogP contribution in [0.2, 0.25) is 0 Å². The largest absolute Gasteiger partial charge is 0.349 e. The van der Waals surface area contributed by atoms with Gasteiger partial charge in [-0.3, -0.25) is 14.8 Å². The first-order valence-corrected chi connectivity index (χ1v) is 7.84. The molecule has 0 bridgehead atoms. The van der Waals surface area contributed by atoms with Crippen molar-refractivity contribution < 1.29 is 4.79 Å². The standard InChI is InChI=1S/C13H22BrN5O.ClH/c1-9(2)11-10(14)12(18-17-11)13(20)16-5-8-19-6-3-15-4-7-19;/h9,15H,3-8H2,1-2H3,(H,16,20)(H,17,18);1H. The number of amides is 1. The summed E-state index contributed by atoms with van der Waals surface area (Å²) in [5.41, 5.74) is 1.39. The van der Waals surface area contributed by atoms with Crippen LogP contribution in [0.1, 0.15) is 35.9 Å². The summed E-state index contributed by atoms with van der Waals surface area (Å²) in [4.78, 5) is 14.4. The third-order valence-electron chi connectivity index (χ3n) is 3.45. The Morgan fingerprint density at radius 1 is 1.43 bits per heavy atom. The first kappa shape index (κ1) is 18.4. The predicted octanol–water partition coefficient (Wildman–Crippen LogP) is 1.35. The Labute approximate surface area is 140 Å². The normalized spacial score (nSPS) is 15.8. The highest BCUT2D eigenvalue weighted by molar-refractivity contribution is 9.10. The van der Waals surface area contributed by atoms with E-state index in [2.05, 4.69) is 55.5 Å². The Balaban J connectivity index is 0.00000220. The fraction of sp³-hybridized carbons (Fsp3) is 0.692. The maximum atomic E-state index is 12.1. The van der Waals surface area contributed by atoms with E-state index in [-0.39, 0.29) is 18.3 Å². The van der Waals surface area contributed by atoms with Crippen molar-refractivity contribution in [2.75, 3.05) is 39.3 Å². The summed E-state index contributed by atoms with van der Waals surface area (Å²) < 4.78 is 0.771. The van der Waals surface area contributed by atoms with Crippen LogP contribution >= 0.6 is 28.3 Å². The quantitative estimate of drug-likeness (QED) is 0.721. The van der Waals surface area contributed by atoms with Crippen molar-refractivity contribution in [2.24, 2.45) is 0 Å². The first-order chi connectivity index (χ1) is 9.59. The number of aromatic nitrogens is 2. The van der Waals surface area contributed by atoms with E-state index >= 15 is 0 Å². The number of halogens is 2. The maximum Gasteiger partial charge on any atom is 0.273 e. The van der Waals surface area contributed by atoms with Gasteiger partial charge in [0.05, 0.1) is 10.2 Å². The second-order valence-electron chi connectivity index (χ2n) is 5.30. The molecule has 21 heavy (non-hydrogen) atoms. The smallest absolute Gasteiger partial charge is 0.273 e. The van der Waals surface area contributed by atoms with Crippen LogP contribution in [0, 0.1) is 0 Å². The molecule has 2 rings (SSSR count). The zero-order valence-electron chi connectivity index (χ0n) is 12.4. The van der Waals surface area contributed by atoms with Crippen LogP contribution in [-0.4, -0.2) is 60.3 Å². The number of rotatable bonds is 5. The van der Waals surface area contributed by atoms with Gasteiger partial charge in [-0.2, -0.15) is 5.10 Å². The van der Waals surface area contributed by atoms with Crippen LogP contribution in [0.3, 0.4) is 0 Å². The number of piperazine rings is 1. The van der Waals surface area contributed by atoms with Crippen LogP contribution in [0.15, 0.2) is 4.47 Å². The van der Waals surface area contributed by atoms with Crippen molar-refractivity contribution >= 4 is 34.2 Å². The summed E-state index contributed by atoms with van der Waals surface area (Å²) in [5.74, 6) is 0.175. The molecule has 120 valence electrons. The zero-order valence-corrected chi connectivity index (χ0v) is 14.8. The molecule has 3 N–H and O–H groups in total. The van der Waals surface area contributed by atoms with Gasteiger partial charge >= 0.3 is 0 Å². The molecule has 1 amide bonds. The average Bonchev–Trinajstić information content (AvgIpc) is 2.82. The number of nitrogens with one attached hydrogen (secondary N) is 3. The molecule has 0 atom stereocenters. The fourth-order valence-electron chi connectivity index (χ4n) is 2.22. The van der Waals surface area contributed by atoms with Gasteiger partial charge in [-0.15, -0.1) is 12.4 Å². The molecule has 0 radical (unpaired) electrons. The van der Waals surface area contributed by atoms with E-state index in [1.807, 2.05) is 0 Å². The van der Waals surface area contributed by atoms with Gasteiger partial charge in [0, 0.05) is 39.3 Å². The lowest BCUT2D eigenvalue weighted by Gasteiger charge is -2.26. The molecule has 1 fully saturated rings. The molecule has 6 nitrogen and oxygen atoms in total. The Morgan fingerprint density at radius 2 is 2.10 bits per heavy atom. The third kappa shape index (κ3) is 4.95. The van der Waals surface area contributed by atoms with Crippen molar-refractivity contribution in [2.45, 2.75) is 19.8 Å². The minimum absolute atomic E-state index is 0. The first-order valence-electron chi connectivity index (χ1n) is 7.04. The number of aromatic amines is 1. The highest BCUT2D eigenvalue weighted by atomic mass is 79.9. The van der Waals surface area contributed by atoms with Crippen molar-refractivity contribution in [3.8, 4) is 0 Å². The van der Waals surface area contributed by atoms with Crippen LogP contribution in [0.25, 0.3) is 0 Å². The van der Waals surface area contributed by atoms with Gasteiger partial charge in [-0.25, -0.2) is 0 Å². The Kier molecular flexibility index (Phi) is 7.65. The second-order valence-corrected chi connectivity index (χ2v) is 6.10. The van der Waals surface area contributed by atoms with Crippen LogP contribution in [0.5, 0.6) is 0 Å². The molecule has 8 heteroatoms. The van der Waals surface area contributed by atoms with E-state index < -0.39 is 0 Å². The van der Waals surface area contributed by atoms with Crippen LogP contribution in [-0.2, 0) is 0 Å². The van der Waals surface area contributed by atoms with Gasteiger partial charge < -0.3 is 10.6 Å². The maximum absolute atomic E-state index is 12.1. The van der Waals surface area contributed by atoms with E-state index in [0.717, 1.165) is 42.9 Å².